The fourth-order valence-electron chi connectivity index (χ4n) is 11.0. The predicted molar refractivity (Wildman–Crippen MR) is 307 cm³/mol. The van der Waals surface area contributed by atoms with Crippen molar-refractivity contribution >= 4 is 43.6 Å². The average Bonchev–Trinajstić information content (AvgIpc) is 4.02. The predicted octanol–water partition coefficient (Wildman–Crippen LogP) is 17.7. The van der Waals surface area contributed by atoms with Crippen LogP contribution in [0.5, 0.6) is 0 Å². The molecule has 0 atom stereocenters. The number of benzene rings is 11. The molecule has 0 radical (unpaired) electrons. The van der Waals surface area contributed by atoms with Crippen LogP contribution in [0.15, 0.2) is 273 Å². The van der Waals surface area contributed by atoms with Gasteiger partial charge >= 0.3 is 0 Å². The van der Waals surface area contributed by atoms with Crippen molar-refractivity contribution in [2.75, 3.05) is 0 Å². The largest absolute Gasteiger partial charge is 0.307 e. The average molecular weight is 944 g/mol. The molecule has 0 fully saturated rings. The van der Waals surface area contributed by atoms with Gasteiger partial charge in [-0.25, -0.2) is 4.98 Å². The Kier molecular flexibility index (Phi) is 10.4. The Balaban J connectivity index is 1.15. The minimum atomic E-state index is 0.531. The summed E-state index contributed by atoms with van der Waals surface area (Å²) in [7, 11) is 0. The highest BCUT2D eigenvalue weighted by Crippen LogP contribution is 2.52. The highest BCUT2D eigenvalue weighted by molar-refractivity contribution is 6.33. The number of hydrogen-bond acceptors (Lipinski definition) is 3. The molecule has 74 heavy (non-hydrogen) atoms. The smallest absolute Gasteiger partial charge is 0.238 e. The number of aromatic nitrogens is 5. The van der Waals surface area contributed by atoms with Gasteiger partial charge in [0.2, 0.25) is 5.95 Å². The van der Waals surface area contributed by atoms with Gasteiger partial charge in [0.1, 0.15) is 0 Å². The molecule has 0 aliphatic rings. The summed E-state index contributed by atoms with van der Waals surface area (Å²) < 4.78 is 4.76. The van der Waals surface area contributed by atoms with Crippen LogP contribution < -0.4 is 0 Å². The second-order valence-corrected chi connectivity index (χ2v) is 18.7. The van der Waals surface area contributed by atoms with Crippen LogP contribution in [0, 0.1) is 0 Å². The maximum Gasteiger partial charge on any atom is 0.238 e. The second-order valence-electron chi connectivity index (χ2n) is 18.7. The van der Waals surface area contributed by atoms with E-state index < -0.39 is 0 Å². The molecule has 0 saturated heterocycles. The Labute approximate surface area is 428 Å². The Morgan fingerprint density at radius 2 is 0.527 bits per heavy atom. The summed E-state index contributed by atoms with van der Waals surface area (Å²) in [5.41, 5.74) is 18.5. The zero-order valence-corrected chi connectivity index (χ0v) is 40.2. The van der Waals surface area contributed by atoms with Gasteiger partial charge in [-0.15, -0.1) is 0 Å². The van der Waals surface area contributed by atoms with Crippen LogP contribution in [-0.4, -0.2) is 24.1 Å². The maximum atomic E-state index is 5.54. The van der Waals surface area contributed by atoms with Crippen molar-refractivity contribution < 1.29 is 0 Å². The topological polar surface area (TPSA) is 48.5 Å². The quantitative estimate of drug-likeness (QED) is 0.145. The lowest BCUT2D eigenvalue weighted by Crippen LogP contribution is -2.07. The molecule has 0 spiro atoms. The van der Waals surface area contributed by atoms with Crippen LogP contribution in [0.4, 0.5) is 0 Å². The van der Waals surface area contributed by atoms with Crippen LogP contribution in [0.2, 0.25) is 0 Å². The van der Waals surface area contributed by atoms with E-state index in [1.165, 1.54) is 16.7 Å². The molecule has 0 amide bonds. The van der Waals surface area contributed by atoms with Gasteiger partial charge in [0.05, 0.1) is 22.1 Å². The third-order valence-electron chi connectivity index (χ3n) is 14.4. The number of rotatable bonds is 9. The van der Waals surface area contributed by atoms with Crippen molar-refractivity contribution in [3.05, 3.63) is 273 Å². The lowest BCUT2D eigenvalue weighted by Gasteiger charge is -2.19. The molecule has 0 N–H and O–H groups in total. The minimum absolute atomic E-state index is 0.531. The van der Waals surface area contributed by atoms with Crippen molar-refractivity contribution in [2.24, 2.45) is 0 Å². The third-order valence-corrected chi connectivity index (χ3v) is 14.4. The summed E-state index contributed by atoms with van der Waals surface area (Å²) >= 11 is 0. The fourth-order valence-corrected chi connectivity index (χ4v) is 11.0. The third kappa shape index (κ3) is 7.29. The normalized spacial score (nSPS) is 11.5. The molecule has 346 valence electrons. The molecule has 3 heterocycles. The summed E-state index contributed by atoms with van der Waals surface area (Å²) in [4.78, 5) is 16.3. The van der Waals surface area contributed by atoms with E-state index in [9.17, 15) is 0 Å². The molecule has 11 aromatic carbocycles. The van der Waals surface area contributed by atoms with Gasteiger partial charge in [0.15, 0.2) is 11.6 Å². The Bertz CT molecular complexity index is 4340. The SMILES string of the molecule is c1ccc(-c2ccc(-c3nc(-c4ccccc4)nc(-n4c5ccccc5c5c(-c6ccc(-c7ccccc7)cc6)c(-c6ccc(-c7ccccc7)cc6)c6c7ccccc7n(-c7ccccc7)c6c54)n3)cc2)cc1. The van der Waals surface area contributed by atoms with Crippen LogP contribution in [0.1, 0.15) is 0 Å². The van der Waals surface area contributed by atoms with Crippen LogP contribution in [0.25, 0.3) is 134 Å². The van der Waals surface area contributed by atoms with E-state index >= 15 is 0 Å². The molecule has 5 nitrogen and oxygen atoms in total. The van der Waals surface area contributed by atoms with Crippen molar-refractivity contribution in [3.63, 3.8) is 0 Å². The van der Waals surface area contributed by atoms with Gasteiger partial charge < -0.3 is 4.57 Å². The number of hydrogen-bond donors (Lipinski definition) is 0. The highest BCUT2D eigenvalue weighted by Gasteiger charge is 2.30. The standard InChI is InChI=1S/C69H45N5/c1-6-20-46(21-7-1)49-34-40-52(41-35-49)61-62(53-42-36-50(37-43-53)47-22-8-2-9-23-47)64-58-31-17-19-33-60(58)74(66(64)65-63(61)57-30-16-18-32-59(57)73(65)56-28-14-5-15-29-56)69-71-67(54-26-12-4-13-27-54)70-68(72-69)55-44-38-51(39-45-55)48-24-10-3-11-25-48/h1-45H. The second kappa shape index (κ2) is 18.0. The zero-order chi connectivity index (χ0) is 49.0. The molecule has 0 aliphatic carbocycles. The van der Waals surface area contributed by atoms with Gasteiger partial charge in [-0.2, -0.15) is 9.97 Å². The summed E-state index contributed by atoms with van der Waals surface area (Å²) in [6, 6.07) is 97.2. The molecule has 14 rings (SSSR count). The maximum absolute atomic E-state index is 5.54. The zero-order valence-electron chi connectivity index (χ0n) is 40.2. The summed E-state index contributed by atoms with van der Waals surface area (Å²) in [5, 5.41) is 4.49. The van der Waals surface area contributed by atoms with E-state index in [1.54, 1.807) is 0 Å². The van der Waals surface area contributed by atoms with Gasteiger partial charge in [-0.3, -0.25) is 4.57 Å². The minimum Gasteiger partial charge on any atom is -0.307 e. The summed E-state index contributed by atoms with van der Waals surface area (Å²) in [5.74, 6) is 1.71. The van der Waals surface area contributed by atoms with E-state index in [0.717, 1.165) is 99.4 Å². The van der Waals surface area contributed by atoms with E-state index in [1.807, 2.05) is 24.3 Å². The Morgan fingerprint density at radius 1 is 0.230 bits per heavy atom. The van der Waals surface area contributed by atoms with E-state index in [4.69, 9.17) is 15.0 Å². The monoisotopic (exact) mass is 943 g/mol. The molecular weight excluding hydrogens is 899 g/mol. The summed E-state index contributed by atoms with van der Waals surface area (Å²) in [6.45, 7) is 0. The van der Waals surface area contributed by atoms with Crippen molar-refractivity contribution in [1.82, 2.24) is 24.1 Å². The lowest BCUT2D eigenvalue weighted by atomic mass is 9.86. The first-order valence-corrected chi connectivity index (χ1v) is 25.1. The van der Waals surface area contributed by atoms with Gasteiger partial charge in [-0.05, 0) is 68.8 Å². The summed E-state index contributed by atoms with van der Waals surface area (Å²) in [6.07, 6.45) is 0. The fraction of sp³-hybridized carbons (Fsp3) is 0. The first kappa shape index (κ1) is 42.9. The van der Waals surface area contributed by atoms with Crippen molar-refractivity contribution in [3.8, 4) is 90.0 Å². The Hall–Kier alpha value is -9.97. The molecule has 14 aromatic rings. The number of nitrogens with zero attached hydrogens (tertiary/aromatic N) is 5. The van der Waals surface area contributed by atoms with Crippen molar-refractivity contribution in [2.45, 2.75) is 0 Å². The van der Waals surface area contributed by atoms with E-state index in [2.05, 4.69) is 258 Å². The van der Waals surface area contributed by atoms with Crippen LogP contribution in [-0.2, 0) is 0 Å². The molecular formula is C69H45N5. The first-order chi connectivity index (χ1) is 36.7. The van der Waals surface area contributed by atoms with Crippen LogP contribution >= 0.6 is 0 Å². The number of para-hydroxylation sites is 3. The van der Waals surface area contributed by atoms with Crippen LogP contribution in [0.3, 0.4) is 0 Å². The number of fused-ring (bicyclic) bond motifs is 7. The molecule has 3 aromatic heterocycles. The molecule has 0 aliphatic heterocycles. The van der Waals surface area contributed by atoms with Gasteiger partial charge in [0, 0.05) is 49.5 Å². The lowest BCUT2D eigenvalue weighted by molar-refractivity contribution is 0.953. The molecule has 0 bridgehead atoms. The van der Waals surface area contributed by atoms with E-state index in [-0.39, 0.29) is 0 Å². The molecule has 5 heteroatoms. The molecule has 0 saturated carbocycles. The Morgan fingerprint density at radius 3 is 0.959 bits per heavy atom. The van der Waals surface area contributed by atoms with Crippen molar-refractivity contribution in [1.29, 1.82) is 0 Å². The highest BCUT2D eigenvalue weighted by atomic mass is 15.2. The van der Waals surface area contributed by atoms with E-state index in [0.29, 0.717) is 17.6 Å². The van der Waals surface area contributed by atoms with Gasteiger partial charge in [0.25, 0.3) is 0 Å². The van der Waals surface area contributed by atoms with Gasteiger partial charge in [-0.1, -0.05) is 249 Å². The molecule has 0 unspecified atom stereocenters. The first-order valence-electron chi connectivity index (χ1n) is 25.1.